The highest BCUT2D eigenvalue weighted by molar-refractivity contribution is 5.97. The van der Waals surface area contributed by atoms with Gasteiger partial charge >= 0.3 is 6.03 Å². The van der Waals surface area contributed by atoms with Gasteiger partial charge in [-0.2, -0.15) is 5.10 Å². The molecule has 1 aliphatic rings. The van der Waals surface area contributed by atoms with Gasteiger partial charge in [0, 0.05) is 39.8 Å². The first-order valence-electron chi connectivity index (χ1n) is 6.64. The number of aromatic nitrogens is 2. The fourth-order valence-electron chi connectivity index (χ4n) is 2.24. The van der Waals surface area contributed by atoms with E-state index in [-0.39, 0.29) is 11.9 Å². The topological polar surface area (TPSA) is 96.5 Å². The normalized spacial score (nSPS) is 15.3. The van der Waals surface area contributed by atoms with E-state index in [0.29, 0.717) is 44.1 Å². The van der Waals surface area contributed by atoms with Crippen molar-refractivity contribution >= 4 is 17.6 Å². The summed E-state index contributed by atoms with van der Waals surface area (Å²) >= 11 is 0. The molecule has 2 heterocycles. The molecule has 0 aromatic carbocycles. The first-order chi connectivity index (χ1) is 9.54. The van der Waals surface area contributed by atoms with Crippen molar-refractivity contribution in [3.8, 4) is 0 Å². The number of rotatable bonds is 2. The molecule has 1 fully saturated rings. The van der Waals surface area contributed by atoms with Gasteiger partial charge in [-0.05, 0) is 6.92 Å². The minimum atomic E-state index is -0.141. The van der Waals surface area contributed by atoms with Crippen molar-refractivity contribution in [3.05, 3.63) is 11.9 Å². The van der Waals surface area contributed by atoms with Gasteiger partial charge in [0.05, 0.1) is 11.9 Å². The predicted molar refractivity (Wildman–Crippen MR) is 74.2 cm³/mol. The van der Waals surface area contributed by atoms with Gasteiger partial charge in [-0.3, -0.25) is 9.48 Å². The van der Waals surface area contributed by atoms with Crippen LogP contribution in [0.25, 0.3) is 0 Å². The minimum absolute atomic E-state index is 0.0837. The van der Waals surface area contributed by atoms with Gasteiger partial charge in [0.25, 0.3) is 5.91 Å². The number of aryl methyl sites for hydroxylation is 1. The maximum Gasteiger partial charge on any atom is 0.317 e. The molecule has 1 aromatic heterocycles. The van der Waals surface area contributed by atoms with Crippen molar-refractivity contribution in [3.63, 3.8) is 0 Å². The zero-order valence-electron chi connectivity index (χ0n) is 11.8. The number of carbonyl (C=O) groups excluding carboxylic acids is 2. The van der Waals surface area contributed by atoms with E-state index in [1.54, 1.807) is 16.8 Å². The summed E-state index contributed by atoms with van der Waals surface area (Å²) in [7, 11) is 1.69. The van der Waals surface area contributed by atoms with Crippen LogP contribution in [-0.2, 0) is 7.05 Å². The van der Waals surface area contributed by atoms with Gasteiger partial charge < -0.3 is 20.9 Å². The number of nitrogen functional groups attached to an aromatic ring is 1. The SMILES string of the molecule is CCNC(=O)N1CCN(C(=O)c2c(N)cnn2C)CC1. The van der Waals surface area contributed by atoms with E-state index in [4.69, 9.17) is 5.73 Å². The van der Waals surface area contributed by atoms with E-state index in [2.05, 4.69) is 10.4 Å². The second-order valence-electron chi connectivity index (χ2n) is 4.69. The molecule has 0 saturated carbocycles. The molecule has 0 atom stereocenters. The van der Waals surface area contributed by atoms with E-state index < -0.39 is 0 Å². The maximum absolute atomic E-state index is 12.4. The number of nitrogens with zero attached hydrogens (tertiary/aromatic N) is 4. The van der Waals surface area contributed by atoms with Crippen molar-refractivity contribution in [2.24, 2.45) is 7.05 Å². The molecule has 0 bridgehead atoms. The Bertz CT molecular complexity index is 485. The molecule has 3 N–H and O–H groups in total. The molecule has 20 heavy (non-hydrogen) atoms. The van der Waals surface area contributed by atoms with Crippen molar-refractivity contribution < 1.29 is 9.59 Å². The van der Waals surface area contributed by atoms with Crippen LogP contribution in [0.1, 0.15) is 17.4 Å². The second kappa shape index (κ2) is 5.81. The molecule has 1 aliphatic heterocycles. The molecule has 8 nitrogen and oxygen atoms in total. The summed E-state index contributed by atoms with van der Waals surface area (Å²) in [6, 6.07) is -0.0837. The van der Waals surface area contributed by atoms with Crippen LogP contribution in [0.2, 0.25) is 0 Å². The van der Waals surface area contributed by atoms with Crippen molar-refractivity contribution in [1.82, 2.24) is 24.9 Å². The third-order valence-electron chi connectivity index (χ3n) is 3.35. The number of hydrogen-bond donors (Lipinski definition) is 2. The Morgan fingerprint density at radius 3 is 2.40 bits per heavy atom. The lowest BCUT2D eigenvalue weighted by Crippen LogP contribution is -2.53. The molecule has 2 rings (SSSR count). The zero-order chi connectivity index (χ0) is 14.7. The first kappa shape index (κ1) is 14.2. The largest absolute Gasteiger partial charge is 0.396 e. The predicted octanol–water partition coefficient (Wildman–Crippen LogP) is -0.510. The van der Waals surface area contributed by atoms with Crippen molar-refractivity contribution in [2.75, 3.05) is 38.5 Å². The summed E-state index contributed by atoms with van der Waals surface area (Å²) in [6.07, 6.45) is 1.47. The Hall–Kier alpha value is -2.25. The van der Waals surface area contributed by atoms with Crippen LogP contribution in [0.5, 0.6) is 0 Å². The summed E-state index contributed by atoms with van der Waals surface area (Å²) in [4.78, 5) is 27.5. The fourth-order valence-corrected chi connectivity index (χ4v) is 2.24. The molecule has 8 heteroatoms. The second-order valence-corrected chi connectivity index (χ2v) is 4.69. The van der Waals surface area contributed by atoms with E-state index in [1.807, 2.05) is 6.92 Å². The number of piperazine rings is 1. The maximum atomic E-state index is 12.4. The third kappa shape index (κ3) is 2.68. The lowest BCUT2D eigenvalue weighted by molar-refractivity contribution is 0.0655. The Balaban J connectivity index is 1.97. The molecule has 3 amide bonds. The monoisotopic (exact) mass is 280 g/mol. The van der Waals surface area contributed by atoms with Crippen LogP contribution in [0, 0.1) is 0 Å². The van der Waals surface area contributed by atoms with Gasteiger partial charge in [-0.1, -0.05) is 0 Å². The number of nitrogens with two attached hydrogens (primary N) is 1. The minimum Gasteiger partial charge on any atom is -0.396 e. The first-order valence-corrected chi connectivity index (χ1v) is 6.64. The van der Waals surface area contributed by atoms with Crippen LogP contribution < -0.4 is 11.1 Å². The Morgan fingerprint density at radius 2 is 1.90 bits per heavy atom. The number of amides is 3. The Labute approximate surface area is 117 Å². The van der Waals surface area contributed by atoms with E-state index in [1.165, 1.54) is 10.9 Å². The van der Waals surface area contributed by atoms with Crippen LogP contribution in [0.4, 0.5) is 10.5 Å². The molecule has 1 saturated heterocycles. The summed E-state index contributed by atoms with van der Waals surface area (Å²) in [6.45, 7) is 4.53. The number of urea groups is 1. The molecule has 110 valence electrons. The van der Waals surface area contributed by atoms with E-state index in [9.17, 15) is 9.59 Å². The van der Waals surface area contributed by atoms with E-state index in [0.717, 1.165) is 0 Å². The Morgan fingerprint density at radius 1 is 1.30 bits per heavy atom. The average molecular weight is 280 g/mol. The third-order valence-corrected chi connectivity index (χ3v) is 3.35. The quantitative estimate of drug-likeness (QED) is 0.762. The molecular formula is C12H20N6O2. The Kier molecular flexibility index (Phi) is 4.11. The van der Waals surface area contributed by atoms with Crippen molar-refractivity contribution in [2.45, 2.75) is 6.92 Å². The smallest absolute Gasteiger partial charge is 0.317 e. The molecule has 0 radical (unpaired) electrons. The highest BCUT2D eigenvalue weighted by Crippen LogP contribution is 2.14. The summed E-state index contributed by atoms with van der Waals surface area (Å²) in [5.74, 6) is -0.141. The van der Waals surface area contributed by atoms with Crippen molar-refractivity contribution in [1.29, 1.82) is 0 Å². The summed E-state index contributed by atoms with van der Waals surface area (Å²) in [5, 5.41) is 6.72. The van der Waals surface area contributed by atoms with Gasteiger partial charge in [-0.25, -0.2) is 4.79 Å². The van der Waals surface area contributed by atoms with Crippen LogP contribution in [-0.4, -0.2) is 64.2 Å². The van der Waals surface area contributed by atoms with Gasteiger partial charge in [0.1, 0.15) is 5.69 Å². The van der Waals surface area contributed by atoms with Crippen LogP contribution >= 0.6 is 0 Å². The van der Waals surface area contributed by atoms with E-state index >= 15 is 0 Å². The molecule has 0 unspecified atom stereocenters. The molecule has 0 spiro atoms. The highest BCUT2D eigenvalue weighted by Gasteiger charge is 2.27. The lowest BCUT2D eigenvalue weighted by Gasteiger charge is -2.34. The zero-order valence-corrected chi connectivity index (χ0v) is 11.8. The van der Waals surface area contributed by atoms with Crippen LogP contribution in [0.3, 0.4) is 0 Å². The summed E-state index contributed by atoms with van der Waals surface area (Å²) in [5.41, 5.74) is 6.54. The summed E-state index contributed by atoms with van der Waals surface area (Å²) < 4.78 is 1.48. The van der Waals surface area contributed by atoms with Gasteiger partial charge in [0.2, 0.25) is 0 Å². The number of hydrogen-bond acceptors (Lipinski definition) is 4. The van der Waals surface area contributed by atoms with Gasteiger partial charge in [-0.15, -0.1) is 0 Å². The highest BCUT2D eigenvalue weighted by atomic mass is 16.2. The molecular weight excluding hydrogens is 260 g/mol. The molecule has 0 aliphatic carbocycles. The lowest BCUT2D eigenvalue weighted by atomic mass is 10.2. The van der Waals surface area contributed by atoms with Crippen LogP contribution in [0.15, 0.2) is 6.20 Å². The average Bonchev–Trinajstić information content (AvgIpc) is 2.78. The standard InChI is InChI=1S/C12H20N6O2/c1-3-14-12(20)18-6-4-17(5-7-18)11(19)10-9(13)8-15-16(10)2/h8H,3-7,13H2,1-2H3,(H,14,20). The fraction of sp³-hybridized carbons (Fsp3) is 0.583. The molecule has 1 aromatic rings. The van der Waals surface area contributed by atoms with Gasteiger partial charge in [0.15, 0.2) is 0 Å². The number of carbonyl (C=O) groups is 2. The number of anilines is 1. The number of nitrogens with one attached hydrogen (secondary N) is 1.